The second-order valence-corrected chi connectivity index (χ2v) is 4.97. The molecule has 1 aromatic rings. The second kappa shape index (κ2) is 6.76. The van der Waals surface area contributed by atoms with Crippen LogP contribution in [0.1, 0.15) is 18.9 Å². The first-order chi connectivity index (χ1) is 7.69. The molecule has 1 aromatic carbocycles. The van der Waals surface area contributed by atoms with Gasteiger partial charge in [0.1, 0.15) is 4.99 Å². The molecule has 0 fully saturated rings. The Labute approximate surface area is 107 Å². The number of para-hydroxylation sites is 1. The number of thioether (sulfide) groups is 1. The molecular formula is C12H18N2S2. The molecule has 88 valence electrons. The minimum absolute atomic E-state index is 0.446. The van der Waals surface area contributed by atoms with Crippen molar-refractivity contribution in [1.82, 2.24) is 0 Å². The van der Waals surface area contributed by atoms with Crippen LogP contribution in [0.15, 0.2) is 24.3 Å². The lowest BCUT2D eigenvalue weighted by Crippen LogP contribution is -2.23. The molecule has 0 spiro atoms. The van der Waals surface area contributed by atoms with Crippen LogP contribution < -0.4 is 11.1 Å². The summed E-state index contributed by atoms with van der Waals surface area (Å²) >= 11 is 6.88. The highest BCUT2D eigenvalue weighted by atomic mass is 32.2. The third-order valence-electron chi connectivity index (χ3n) is 2.41. The van der Waals surface area contributed by atoms with Crippen molar-refractivity contribution in [1.29, 1.82) is 0 Å². The van der Waals surface area contributed by atoms with E-state index in [0.717, 1.165) is 23.4 Å². The van der Waals surface area contributed by atoms with Crippen molar-refractivity contribution < 1.29 is 0 Å². The molecule has 3 N–H and O–H groups in total. The van der Waals surface area contributed by atoms with Crippen molar-refractivity contribution in [3.63, 3.8) is 0 Å². The molecule has 0 aliphatic rings. The molecule has 1 rings (SSSR count). The van der Waals surface area contributed by atoms with E-state index in [0.29, 0.717) is 11.0 Å². The van der Waals surface area contributed by atoms with Gasteiger partial charge in [0.05, 0.1) is 0 Å². The van der Waals surface area contributed by atoms with Crippen molar-refractivity contribution in [3.05, 3.63) is 29.8 Å². The maximum atomic E-state index is 5.69. The number of hydrogen-bond acceptors (Lipinski definition) is 3. The number of hydrogen-bond donors (Lipinski definition) is 2. The Kier molecular flexibility index (Phi) is 5.63. The summed E-state index contributed by atoms with van der Waals surface area (Å²) in [5, 5.41) is 3.49. The normalized spacial score (nSPS) is 12.1. The summed E-state index contributed by atoms with van der Waals surface area (Å²) in [6, 6.07) is 8.39. The summed E-state index contributed by atoms with van der Waals surface area (Å²) in [6.07, 6.45) is 3.20. The van der Waals surface area contributed by atoms with E-state index in [1.165, 1.54) is 0 Å². The van der Waals surface area contributed by atoms with Gasteiger partial charge in [-0.1, -0.05) is 31.3 Å². The van der Waals surface area contributed by atoms with E-state index in [1.54, 1.807) is 0 Å². The molecule has 1 atom stereocenters. The number of thiocarbonyl (C=S) groups is 1. The Hall–Kier alpha value is -0.740. The van der Waals surface area contributed by atoms with Crippen molar-refractivity contribution in [2.75, 3.05) is 17.3 Å². The number of benzene rings is 1. The lowest BCUT2D eigenvalue weighted by atomic mass is 10.1. The Morgan fingerprint density at radius 3 is 2.75 bits per heavy atom. The van der Waals surface area contributed by atoms with Gasteiger partial charge < -0.3 is 11.1 Å². The van der Waals surface area contributed by atoms with Gasteiger partial charge >= 0.3 is 0 Å². The molecule has 0 heterocycles. The standard InChI is InChI=1S/C12H18N2S2/c1-3-9(8-16-2)14-11-7-5-4-6-10(11)12(13)15/h4-7,9,14H,3,8H2,1-2H3,(H2,13,15). The first kappa shape index (κ1) is 13.3. The fraction of sp³-hybridized carbons (Fsp3) is 0.417. The summed E-state index contributed by atoms with van der Waals surface area (Å²) in [7, 11) is 0. The van der Waals surface area contributed by atoms with Crippen LogP contribution in [0.3, 0.4) is 0 Å². The van der Waals surface area contributed by atoms with Crippen molar-refractivity contribution >= 4 is 34.7 Å². The molecule has 16 heavy (non-hydrogen) atoms. The maximum absolute atomic E-state index is 5.69. The Morgan fingerprint density at radius 2 is 2.19 bits per heavy atom. The number of nitrogens with two attached hydrogens (primary N) is 1. The van der Waals surface area contributed by atoms with Crippen LogP contribution >= 0.6 is 24.0 Å². The Morgan fingerprint density at radius 1 is 1.50 bits per heavy atom. The third-order valence-corrected chi connectivity index (χ3v) is 3.37. The summed E-state index contributed by atoms with van der Waals surface area (Å²) in [6.45, 7) is 2.18. The molecule has 0 aliphatic heterocycles. The first-order valence-electron chi connectivity index (χ1n) is 5.33. The Bertz CT molecular complexity index is 353. The highest BCUT2D eigenvalue weighted by Gasteiger charge is 2.09. The van der Waals surface area contributed by atoms with Crippen molar-refractivity contribution in [2.45, 2.75) is 19.4 Å². The molecule has 1 unspecified atom stereocenters. The van der Waals surface area contributed by atoms with Crippen LogP contribution in [0.5, 0.6) is 0 Å². The van der Waals surface area contributed by atoms with Gasteiger partial charge in [0.15, 0.2) is 0 Å². The lowest BCUT2D eigenvalue weighted by Gasteiger charge is -2.19. The van der Waals surface area contributed by atoms with E-state index >= 15 is 0 Å². The predicted octanol–water partition coefficient (Wildman–Crippen LogP) is 2.87. The molecule has 0 aromatic heterocycles. The molecule has 0 radical (unpaired) electrons. The van der Waals surface area contributed by atoms with E-state index in [9.17, 15) is 0 Å². The molecule has 0 saturated carbocycles. The van der Waals surface area contributed by atoms with E-state index < -0.39 is 0 Å². The van der Waals surface area contributed by atoms with Gasteiger partial charge in [-0.05, 0) is 24.8 Å². The van der Waals surface area contributed by atoms with E-state index in [2.05, 4.69) is 18.5 Å². The molecule has 0 amide bonds. The monoisotopic (exact) mass is 254 g/mol. The molecule has 0 saturated heterocycles. The number of rotatable bonds is 6. The SMILES string of the molecule is CCC(CSC)Nc1ccccc1C(N)=S. The molecule has 2 nitrogen and oxygen atoms in total. The second-order valence-electron chi connectivity index (χ2n) is 3.61. The minimum Gasteiger partial charge on any atom is -0.389 e. The van der Waals surface area contributed by atoms with E-state index in [4.69, 9.17) is 18.0 Å². The number of nitrogens with one attached hydrogen (secondary N) is 1. The van der Waals surface area contributed by atoms with Crippen LogP contribution in [0.25, 0.3) is 0 Å². The smallest absolute Gasteiger partial charge is 0.106 e. The van der Waals surface area contributed by atoms with Gasteiger partial charge in [-0.2, -0.15) is 11.8 Å². The van der Waals surface area contributed by atoms with Gasteiger partial charge in [-0.25, -0.2) is 0 Å². The topological polar surface area (TPSA) is 38.0 Å². The number of anilines is 1. The van der Waals surface area contributed by atoms with Crippen LogP contribution in [-0.4, -0.2) is 23.0 Å². The van der Waals surface area contributed by atoms with Gasteiger partial charge in [0, 0.05) is 23.0 Å². The molecule has 4 heteroatoms. The van der Waals surface area contributed by atoms with E-state index in [1.807, 2.05) is 36.0 Å². The largest absolute Gasteiger partial charge is 0.389 e. The third kappa shape index (κ3) is 3.68. The lowest BCUT2D eigenvalue weighted by molar-refractivity contribution is 0.775. The zero-order valence-corrected chi connectivity index (χ0v) is 11.3. The quantitative estimate of drug-likeness (QED) is 0.766. The van der Waals surface area contributed by atoms with Gasteiger partial charge in [0.25, 0.3) is 0 Å². The predicted molar refractivity (Wildman–Crippen MR) is 78.4 cm³/mol. The average Bonchev–Trinajstić information content (AvgIpc) is 2.29. The van der Waals surface area contributed by atoms with Crippen LogP contribution in [-0.2, 0) is 0 Å². The van der Waals surface area contributed by atoms with Gasteiger partial charge in [-0.15, -0.1) is 0 Å². The zero-order chi connectivity index (χ0) is 12.0. The first-order valence-corrected chi connectivity index (χ1v) is 7.13. The summed E-state index contributed by atoms with van der Waals surface area (Å²) < 4.78 is 0. The van der Waals surface area contributed by atoms with Crippen molar-refractivity contribution in [2.24, 2.45) is 5.73 Å². The molecular weight excluding hydrogens is 236 g/mol. The fourth-order valence-corrected chi connectivity index (χ4v) is 2.41. The highest BCUT2D eigenvalue weighted by molar-refractivity contribution is 7.98. The highest BCUT2D eigenvalue weighted by Crippen LogP contribution is 2.17. The zero-order valence-electron chi connectivity index (χ0n) is 9.69. The summed E-state index contributed by atoms with van der Waals surface area (Å²) in [5.74, 6) is 1.09. The molecule has 0 aliphatic carbocycles. The van der Waals surface area contributed by atoms with Gasteiger partial charge in [-0.3, -0.25) is 0 Å². The Balaban J connectivity index is 2.82. The van der Waals surface area contributed by atoms with Crippen LogP contribution in [0.2, 0.25) is 0 Å². The minimum atomic E-state index is 0.446. The summed E-state index contributed by atoms with van der Waals surface area (Å²) in [5.41, 5.74) is 7.66. The van der Waals surface area contributed by atoms with Crippen LogP contribution in [0.4, 0.5) is 5.69 Å². The van der Waals surface area contributed by atoms with E-state index in [-0.39, 0.29) is 0 Å². The molecule has 0 bridgehead atoms. The van der Waals surface area contributed by atoms with Crippen molar-refractivity contribution in [3.8, 4) is 0 Å². The maximum Gasteiger partial charge on any atom is 0.106 e. The van der Waals surface area contributed by atoms with Crippen LogP contribution in [0, 0.1) is 0 Å². The fourth-order valence-electron chi connectivity index (χ4n) is 1.51. The summed E-state index contributed by atoms with van der Waals surface area (Å²) in [4.78, 5) is 0.446. The van der Waals surface area contributed by atoms with Gasteiger partial charge in [0.2, 0.25) is 0 Å². The average molecular weight is 254 g/mol.